The number of benzene rings is 6. The van der Waals surface area contributed by atoms with Crippen LogP contribution in [-0.2, 0) is 10.8 Å². The smallest absolute Gasteiger partial charge is 0.0540 e. The van der Waals surface area contributed by atoms with Gasteiger partial charge in [-0.15, -0.1) is 0 Å². The minimum atomic E-state index is 0.168. The minimum Gasteiger partial charge on any atom is -0.310 e. The van der Waals surface area contributed by atoms with Gasteiger partial charge < -0.3 is 4.90 Å². The first-order valence-electron chi connectivity index (χ1n) is 20.2. The third-order valence-corrected chi connectivity index (χ3v) is 15.0. The van der Waals surface area contributed by atoms with Gasteiger partial charge in [0, 0.05) is 27.8 Å². The van der Waals surface area contributed by atoms with Crippen molar-refractivity contribution in [1.82, 2.24) is 0 Å². The molecule has 6 aromatic carbocycles. The highest BCUT2D eigenvalue weighted by Crippen LogP contribution is 2.69. The van der Waals surface area contributed by atoms with Crippen molar-refractivity contribution in [3.05, 3.63) is 162 Å². The van der Waals surface area contributed by atoms with Crippen molar-refractivity contribution in [3.63, 3.8) is 0 Å². The van der Waals surface area contributed by atoms with Gasteiger partial charge in [0.1, 0.15) is 0 Å². The Hall–Kier alpha value is -4.88. The number of anilines is 3. The predicted octanol–water partition coefficient (Wildman–Crippen LogP) is 13.4. The standard InChI is InChI=1S/C51H45N/c1-2-12-35(13-3-1)40-14-6-9-19-49(40)52(38-20-22-46-43(31-38)41-15-4-7-17-45(41)50(46)24-10-11-25-50)39-21-23-48-44(32-39)42-16-5-8-18-47(42)51(48)36-27-33-26-34(29-36)30-37(51)28-33/h1-9,12-23,31-34,36-37H,10-11,24-30H2. The van der Waals surface area contributed by atoms with Crippen molar-refractivity contribution in [2.45, 2.75) is 68.6 Å². The van der Waals surface area contributed by atoms with E-state index in [4.69, 9.17) is 0 Å². The van der Waals surface area contributed by atoms with Gasteiger partial charge in [0.25, 0.3) is 0 Å². The molecule has 2 spiro atoms. The van der Waals surface area contributed by atoms with Crippen LogP contribution < -0.4 is 4.90 Å². The van der Waals surface area contributed by atoms with E-state index in [-0.39, 0.29) is 10.8 Å². The summed E-state index contributed by atoms with van der Waals surface area (Å²) in [6.45, 7) is 0. The van der Waals surface area contributed by atoms with Gasteiger partial charge in [-0.05, 0) is 149 Å². The van der Waals surface area contributed by atoms with Gasteiger partial charge in [-0.2, -0.15) is 0 Å². The lowest BCUT2D eigenvalue weighted by Crippen LogP contribution is -2.55. The maximum absolute atomic E-state index is 2.58. The summed E-state index contributed by atoms with van der Waals surface area (Å²) in [6, 6.07) is 54.0. The van der Waals surface area contributed by atoms with Gasteiger partial charge in [0.15, 0.2) is 0 Å². The Morgan fingerprint density at radius 2 is 0.923 bits per heavy atom. The second kappa shape index (κ2) is 10.8. The summed E-state index contributed by atoms with van der Waals surface area (Å²) in [5, 5.41) is 0. The molecule has 52 heavy (non-hydrogen) atoms. The fraction of sp³-hybridized carbons (Fsp3) is 0.294. The number of fused-ring (bicyclic) bond motifs is 8. The van der Waals surface area contributed by atoms with Gasteiger partial charge in [0.2, 0.25) is 0 Å². The molecule has 5 fully saturated rings. The molecule has 1 heteroatoms. The van der Waals surface area contributed by atoms with Gasteiger partial charge >= 0.3 is 0 Å². The third-order valence-electron chi connectivity index (χ3n) is 15.0. The Balaban J connectivity index is 1.08. The molecule has 254 valence electrons. The van der Waals surface area contributed by atoms with Crippen LogP contribution in [-0.4, -0.2) is 0 Å². The first-order chi connectivity index (χ1) is 25.7. The van der Waals surface area contributed by atoms with E-state index in [9.17, 15) is 0 Å². The van der Waals surface area contributed by atoms with Gasteiger partial charge in [-0.1, -0.05) is 122 Å². The summed E-state index contributed by atoms with van der Waals surface area (Å²) in [6.07, 6.45) is 12.3. The van der Waals surface area contributed by atoms with Gasteiger partial charge in [-0.3, -0.25) is 0 Å². The number of hydrogen-bond donors (Lipinski definition) is 0. The lowest BCUT2D eigenvalue weighted by Gasteiger charge is -2.61. The molecule has 5 saturated carbocycles. The predicted molar refractivity (Wildman–Crippen MR) is 215 cm³/mol. The highest BCUT2D eigenvalue weighted by Gasteiger charge is 2.61. The lowest BCUT2D eigenvalue weighted by molar-refractivity contribution is -0.0399. The van der Waals surface area contributed by atoms with Crippen LogP contribution in [0.3, 0.4) is 0 Å². The Kier molecular flexibility index (Phi) is 6.18. The molecule has 0 amide bonds. The Labute approximate surface area is 308 Å². The first kappa shape index (κ1) is 29.7. The molecule has 1 nitrogen and oxygen atoms in total. The van der Waals surface area contributed by atoms with E-state index in [1.807, 2.05) is 0 Å². The number of rotatable bonds is 4. The molecule has 0 radical (unpaired) electrons. The molecule has 0 heterocycles. The molecule has 0 atom stereocenters. The maximum atomic E-state index is 2.58. The summed E-state index contributed by atoms with van der Waals surface area (Å²) in [5.41, 5.74) is 18.7. The molecule has 6 aromatic rings. The summed E-state index contributed by atoms with van der Waals surface area (Å²) >= 11 is 0. The molecule has 7 aliphatic carbocycles. The van der Waals surface area contributed by atoms with Crippen molar-refractivity contribution >= 4 is 17.1 Å². The molecule has 0 aromatic heterocycles. The molecule has 7 aliphatic rings. The number of para-hydroxylation sites is 1. The summed E-state index contributed by atoms with van der Waals surface area (Å²) in [7, 11) is 0. The molecule has 4 bridgehead atoms. The Morgan fingerprint density at radius 1 is 0.423 bits per heavy atom. The summed E-state index contributed by atoms with van der Waals surface area (Å²) in [4.78, 5) is 2.58. The van der Waals surface area contributed by atoms with E-state index in [2.05, 4.69) is 144 Å². The van der Waals surface area contributed by atoms with Crippen LogP contribution in [0, 0.1) is 23.7 Å². The number of nitrogens with zero attached hydrogens (tertiary/aromatic N) is 1. The lowest BCUT2D eigenvalue weighted by atomic mass is 9.43. The van der Waals surface area contributed by atoms with Crippen molar-refractivity contribution in [2.24, 2.45) is 23.7 Å². The SMILES string of the molecule is c1ccc(-c2ccccc2N(c2ccc3c(c2)-c2ccccc2C32CCCC2)c2ccc3c(c2)-c2ccccc2C32C3CC4CC(C3)CC2C4)cc1. The highest BCUT2D eigenvalue weighted by atomic mass is 15.1. The van der Waals surface area contributed by atoms with Crippen molar-refractivity contribution in [1.29, 1.82) is 0 Å². The highest BCUT2D eigenvalue weighted by molar-refractivity contribution is 5.93. The van der Waals surface area contributed by atoms with Gasteiger partial charge in [0.05, 0.1) is 5.69 Å². The summed E-state index contributed by atoms with van der Waals surface area (Å²) in [5.74, 6) is 3.43. The van der Waals surface area contributed by atoms with Crippen LogP contribution in [0.4, 0.5) is 17.1 Å². The van der Waals surface area contributed by atoms with Crippen LogP contribution >= 0.6 is 0 Å². The van der Waals surface area contributed by atoms with Crippen LogP contribution in [0.15, 0.2) is 140 Å². The zero-order valence-corrected chi connectivity index (χ0v) is 29.9. The first-order valence-corrected chi connectivity index (χ1v) is 20.2. The van der Waals surface area contributed by atoms with E-state index in [1.54, 1.807) is 16.7 Å². The van der Waals surface area contributed by atoms with E-state index in [0.717, 1.165) is 23.7 Å². The normalized spacial score (nSPS) is 26.4. The second-order valence-electron chi connectivity index (χ2n) is 17.2. The minimum absolute atomic E-state index is 0.168. The van der Waals surface area contributed by atoms with E-state index in [1.165, 1.54) is 114 Å². The average Bonchev–Trinajstić information content (AvgIpc) is 3.87. The zero-order valence-electron chi connectivity index (χ0n) is 29.9. The fourth-order valence-corrected chi connectivity index (χ4v) is 13.4. The molecule has 13 rings (SSSR count). The largest absolute Gasteiger partial charge is 0.310 e. The van der Waals surface area contributed by atoms with Crippen molar-refractivity contribution < 1.29 is 0 Å². The topological polar surface area (TPSA) is 3.24 Å². The third kappa shape index (κ3) is 3.85. The van der Waals surface area contributed by atoms with E-state index in [0.29, 0.717) is 0 Å². The fourth-order valence-electron chi connectivity index (χ4n) is 13.4. The summed E-state index contributed by atoms with van der Waals surface area (Å²) < 4.78 is 0. The maximum Gasteiger partial charge on any atom is 0.0540 e. The monoisotopic (exact) mass is 671 g/mol. The van der Waals surface area contributed by atoms with Crippen LogP contribution in [0.25, 0.3) is 33.4 Å². The molecule has 0 aliphatic heterocycles. The van der Waals surface area contributed by atoms with E-state index >= 15 is 0 Å². The van der Waals surface area contributed by atoms with E-state index < -0.39 is 0 Å². The van der Waals surface area contributed by atoms with Gasteiger partial charge in [-0.25, -0.2) is 0 Å². The average molecular weight is 672 g/mol. The second-order valence-corrected chi connectivity index (χ2v) is 17.2. The molecular formula is C51H45N. The van der Waals surface area contributed by atoms with Crippen LogP contribution in [0.2, 0.25) is 0 Å². The molecular weight excluding hydrogens is 627 g/mol. The zero-order chi connectivity index (χ0) is 34.0. The Bertz CT molecular complexity index is 2360. The molecule has 0 N–H and O–H groups in total. The van der Waals surface area contributed by atoms with Crippen LogP contribution in [0.1, 0.15) is 80.0 Å². The number of hydrogen-bond acceptors (Lipinski definition) is 1. The molecule has 0 unspecified atom stereocenters. The van der Waals surface area contributed by atoms with Crippen molar-refractivity contribution in [2.75, 3.05) is 4.90 Å². The Morgan fingerprint density at radius 3 is 1.62 bits per heavy atom. The molecule has 0 saturated heterocycles. The van der Waals surface area contributed by atoms with Crippen molar-refractivity contribution in [3.8, 4) is 33.4 Å². The van der Waals surface area contributed by atoms with Crippen LogP contribution in [0.5, 0.6) is 0 Å². The quantitative estimate of drug-likeness (QED) is 0.180.